The van der Waals surface area contributed by atoms with Crippen molar-refractivity contribution >= 4 is 35.4 Å². The van der Waals surface area contributed by atoms with Crippen LogP contribution >= 0.6 is 0 Å². The molecule has 4 rings (SSSR count). The van der Waals surface area contributed by atoms with Crippen LogP contribution in [0.1, 0.15) is 42.7 Å². The molecule has 1 aliphatic rings. The molecule has 1 aromatic heterocycles. The van der Waals surface area contributed by atoms with Crippen LogP contribution < -0.4 is 10.6 Å². The molecule has 2 unspecified atom stereocenters. The number of carbonyl (C=O) groups excluding carboxylic acids is 2. The molecule has 2 heterocycles. The average molecular weight is 538 g/mol. The van der Waals surface area contributed by atoms with Gasteiger partial charge in [0.15, 0.2) is 0 Å². The minimum atomic E-state index is -1.84. The zero-order valence-electron chi connectivity index (χ0n) is 21.5. The summed E-state index contributed by atoms with van der Waals surface area (Å²) in [6.07, 6.45) is 1.42. The van der Waals surface area contributed by atoms with Crippen LogP contribution in [0.5, 0.6) is 0 Å². The second-order valence-electron chi connectivity index (χ2n) is 10.1. The maximum absolute atomic E-state index is 13.9. The zero-order valence-corrected chi connectivity index (χ0v) is 21.5. The van der Waals surface area contributed by atoms with Crippen molar-refractivity contribution in [3.63, 3.8) is 0 Å². The van der Waals surface area contributed by atoms with Crippen LogP contribution in [0.4, 0.5) is 8.78 Å². The van der Waals surface area contributed by atoms with Gasteiger partial charge in [-0.3, -0.25) is 14.6 Å². The Hall–Kier alpha value is -3.90. The number of aromatic nitrogens is 1. The van der Waals surface area contributed by atoms with Gasteiger partial charge in [0.05, 0.1) is 18.2 Å². The standard InChI is InChI=1S/C27H29BF2N4O5/c1-16(2)9-23(28(37)38)33-26(36)27(13-17-10-19(29)12-20(30)11-17)14-21(34-39-27)15-32-25(35)24-22-6-4-3-5-18(22)7-8-31-24/h3-8,10-12,16,23,37-38H,9,13-15H2,1-2H3,(H,32,35)(H,33,36). The summed E-state index contributed by atoms with van der Waals surface area (Å²) >= 11 is 0. The highest BCUT2D eigenvalue weighted by Crippen LogP contribution is 2.30. The van der Waals surface area contributed by atoms with Gasteiger partial charge in [-0.05, 0) is 41.5 Å². The van der Waals surface area contributed by atoms with E-state index < -0.39 is 42.1 Å². The van der Waals surface area contributed by atoms with Crippen molar-refractivity contribution < 1.29 is 33.3 Å². The van der Waals surface area contributed by atoms with Crippen molar-refractivity contribution in [3.8, 4) is 0 Å². The summed E-state index contributed by atoms with van der Waals surface area (Å²) in [5, 5.41) is 30.4. The van der Waals surface area contributed by atoms with Crippen LogP contribution in [0.25, 0.3) is 10.8 Å². The van der Waals surface area contributed by atoms with Crippen molar-refractivity contribution in [2.45, 2.75) is 44.7 Å². The Balaban J connectivity index is 1.52. The van der Waals surface area contributed by atoms with E-state index in [0.29, 0.717) is 17.2 Å². The SMILES string of the molecule is CC(C)CC(NC(=O)C1(Cc2cc(F)cc(F)c2)CC(CNC(=O)c2nccc3ccccc23)=NO1)B(O)O. The Morgan fingerprint density at radius 3 is 2.54 bits per heavy atom. The van der Waals surface area contributed by atoms with Crippen LogP contribution in [-0.4, -0.2) is 57.8 Å². The van der Waals surface area contributed by atoms with Crippen LogP contribution in [0.2, 0.25) is 0 Å². The molecule has 204 valence electrons. The Bertz CT molecular complexity index is 1380. The first-order valence-corrected chi connectivity index (χ1v) is 12.5. The Kier molecular flexibility index (Phi) is 8.56. The van der Waals surface area contributed by atoms with E-state index in [2.05, 4.69) is 20.8 Å². The molecule has 9 nitrogen and oxygen atoms in total. The summed E-state index contributed by atoms with van der Waals surface area (Å²) in [5.41, 5.74) is -1.06. The lowest BCUT2D eigenvalue weighted by Gasteiger charge is -2.29. The maximum Gasteiger partial charge on any atom is 0.475 e. The number of pyridine rings is 1. The quantitative estimate of drug-likeness (QED) is 0.294. The van der Waals surface area contributed by atoms with Gasteiger partial charge in [0, 0.05) is 30.5 Å². The fourth-order valence-electron chi connectivity index (χ4n) is 4.61. The molecular weight excluding hydrogens is 509 g/mol. The number of halogens is 2. The fourth-order valence-corrected chi connectivity index (χ4v) is 4.61. The zero-order chi connectivity index (χ0) is 28.2. The first-order valence-electron chi connectivity index (χ1n) is 12.5. The molecule has 0 bridgehead atoms. The molecule has 12 heteroatoms. The third kappa shape index (κ3) is 6.76. The number of nitrogens with one attached hydrogen (secondary N) is 2. The molecule has 0 aliphatic carbocycles. The van der Waals surface area contributed by atoms with Gasteiger partial charge in [0.25, 0.3) is 11.8 Å². The second-order valence-corrected chi connectivity index (χ2v) is 10.1. The number of benzene rings is 2. The van der Waals surface area contributed by atoms with E-state index in [1.54, 1.807) is 18.2 Å². The highest BCUT2D eigenvalue weighted by atomic mass is 19.1. The van der Waals surface area contributed by atoms with Crippen LogP contribution in [0.15, 0.2) is 59.9 Å². The largest absolute Gasteiger partial charge is 0.475 e. The van der Waals surface area contributed by atoms with Crippen molar-refractivity contribution in [3.05, 3.63) is 77.6 Å². The van der Waals surface area contributed by atoms with Crippen LogP contribution in [0, 0.1) is 17.6 Å². The van der Waals surface area contributed by atoms with E-state index in [-0.39, 0.29) is 43.0 Å². The molecule has 2 aromatic carbocycles. The maximum atomic E-state index is 13.9. The third-order valence-electron chi connectivity index (χ3n) is 6.41. The third-order valence-corrected chi connectivity index (χ3v) is 6.41. The summed E-state index contributed by atoms with van der Waals surface area (Å²) in [7, 11) is -1.84. The highest BCUT2D eigenvalue weighted by Gasteiger charge is 2.48. The van der Waals surface area contributed by atoms with E-state index in [1.165, 1.54) is 6.20 Å². The summed E-state index contributed by atoms with van der Waals surface area (Å²) in [5.74, 6) is -3.81. The summed E-state index contributed by atoms with van der Waals surface area (Å²) < 4.78 is 27.8. The number of rotatable bonds is 10. The van der Waals surface area contributed by atoms with E-state index in [4.69, 9.17) is 4.84 Å². The van der Waals surface area contributed by atoms with Crippen LogP contribution in [0.3, 0.4) is 0 Å². The topological polar surface area (TPSA) is 133 Å². The predicted octanol–water partition coefficient (Wildman–Crippen LogP) is 2.54. The number of hydrogen-bond acceptors (Lipinski definition) is 7. The molecule has 39 heavy (non-hydrogen) atoms. The first kappa shape index (κ1) is 28.1. The minimum Gasteiger partial charge on any atom is -0.426 e. The van der Waals surface area contributed by atoms with Gasteiger partial charge in [0.1, 0.15) is 17.3 Å². The molecule has 0 spiro atoms. The van der Waals surface area contributed by atoms with Gasteiger partial charge in [-0.25, -0.2) is 8.78 Å². The lowest BCUT2D eigenvalue weighted by molar-refractivity contribution is -0.144. The first-order chi connectivity index (χ1) is 18.6. The van der Waals surface area contributed by atoms with Gasteiger partial charge < -0.3 is 25.5 Å². The number of amides is 2. The molecule has 4 N–H and O–H groups in total. The van der Waals surface area contributed by atoms with Crippen molar-refractivity contribution in [1.82, 2.24) is 15.6 Å². The lowest BCUT2D eigenvalue weighted by atomic mass is 9.74. The normalized spacial score (nSPS) is 17.5. The highest BCUT2D eigenvalue weighted by molar-refractivity contribution is 6.43. The number of fused-ring (bicyclic) bond motifs is 1. The molecule has 1 aliphatic heterocycles. The second kappa shape index (κ2) is 11.9. The number of nitrogens with zero attached hydrogens (tertiary/aromatic N) is 2. The summed E-state index contributed by atoms with van der Waals surface area (Å²) in [6.45, 7) is 3.63. The molecule has 2 amide bonds. The summed E-state index contributed by atoms with van der Waals surface area (Å²) in [4.78, 5) is 36.2. The molecule has 0 fully saturated rings. The van der Waals surface area contributed by atoms with Crippen molar-refractivity contribution in [1.29, 1.82) is 0 Å². The minimum absolute atomic E-state index is 0.0274. The van der Waals surface area contributed by atoms with E-state index in [0.717, 1.165) is 17.5 Å². The van der Waals surface area contributed by atoms with Gasteiger partial charge >= 0.3 is 7.12 Å². The summed E-state index contributed by atoms with van der Waals surface area (Å²) in [6, 6.07) is 12.0. The Morgan fingerprint density at radius 2 is 1.85 bits per heavy atom. The molecule has 0 saturated heterocycles. The van der Waals surface area contributed by atoms with Crippen molar-refractivity contribution in [2.75, 3.05) is 6.54 Å². The smallest absolute Gasteiger partial charge is 0.426 e. The Labute approximate surface area is 224 Å². The molecule has 0 saturated carbocycles. The molecule has 0 radical (unpaired) electrons. The van der Waals surface area contributed by atoms with Gasteiger partial charge in [-0.2, -0.15) is 0 Å². The number of carbonyl (C=O) groups is 2. The Morgan fingerprint density at radius 1 is 1.13 bits per heavy atom. The van der Waals surface area contributed by atoms with Crippen LogP contribution in [-0.2, 0) is 16.1 Å². The van der Waals surface area contributed by atoms with Gasteiger partial charge in [-0.15, -0.1) is 0 Å². The predicted molar refractivity (Wildman–Crippen MR) is 142 cm³/mol. The average Bonchev–Trinajstić information content (AvgIpc) is 3.29. The van der Waals surface area contributed by atoms with E-state index in [9.17, 15) is 28.4 Å². The number of hydrogen-bond donors (Lipinski definition) is 4. The van der Waals surface area contributed by atoms with E-state index in [1.807, 2.05) is 26.0 Å². The monoisotopic (exact) mass is 538 g/mol. The van der Waals surface area contributed by atoms with E-state index >= 15 is 0 Å². The van der Waals surface area contributed by atoms with Gasteiger partial charge in [0.2, 0.25) is 5.60 Å². The molecule has 2 atom stereocenters. The lowest BCUT2D eigenvalue weighted by Crippen LogP contribution is -2.56. The molecule has 3 aromatic rings. The molecular formula is C27H29BF2N4O5. The van der Waals surface area contributed by atoms with Gasteiger partial charge in [-0.1, -0.05) is 43.3 Å². The number of oxime groups is 1. The fraction of sp³-hybridized carbons (Fsp3) is 0.333. The van der Waals surface area contributed by atoms with Crippen molar-refractivity contribution in [2.24, 2.45) is 11.1 Å².